The molecule has 156 valence electrons. The van der Waals surface area contributed by atoms with Crippen molar-refractivity contribution in [2.75, 3.05) is 19.0 Å². The van der Waals surface area contributed by atoms with Crippen molar-refractivity contribution in [3.63, 3.8) is 0 Å². The fourth-order valence-electron chi connectivity index (χ4n) is 3.16. The minimum Gasteiger partial charge on any atom is -0.514 e. The Bertz CT molecular complexity index is 855. The molecule has 0 saturated heterocycles. The highest BCUT2D eigenvalue weighted by atomic mass is 19.4. The van der Waals surface area contributed by atoms with E-state index >= 15 is 0 Å². The summed E-state index contributed by atoms with van der Waals surface area (Å²) in [7, 11) is 3.71. The molecule has 0 aliphatic rings. The number of aliphatic hydroxyl groups is 1. The van der Waals surface area contributed by atoms with Gasteiger partial charge in [-0.15, -0.1) is 0 Å². The van der Waals surface area contributed by atoms with Crippen LogP contribution in [0.5, 0.6) is 0 Å². The van der Waals surface area contributed by atoms with E-state index in [4.69, 9.17) is 5.11 Å². The molecular weight excluding hydrogens is 377 g/mol. The first-order valence-electron chi connectivity index (χ1n) is 9.49. The number of aliphatic hydroxyl groups excluding tert-OH is 1. The smallest absolute Gasteiger partial charge is 0.416 e. The summed E-state index contributed by atoms with van der Waals surface area (Å²) in [4.78, 5) is 1.82. The molecular formula is C23H27F3N2O. The molecule has 0 spiro atoms. The monoisotopic (exact) mass is 404 g/mol. The summed E-state index contributed by atoms with van der Waals surface area (Å²) in [6.07, 6.45) is 1.85. The normalized spacial score (nSPS) is 12.6. The van der Waals surface area contributed by atoms with Crippen LogP contribution in [0.4, 0.5) is 18.9 Å². The van der Waals surface area contributed by atoms with Crippen LogP contribution in [-0.2, 0) is 12.7 Å². The molecule has 0 amide bonds. The number of hydrogen-bond acceptors (Lipinski definition) is 3. The maximum atomic E-state index is 12.9. The Morgan fingerprint density at radius 2 is 1.83 bits per heavy atom. The van der Waals surface area contributed by atoms with E-state index in [1.807, 2.05) is 50.2 Å². The fraction of sp³-hybridized carbons (Fsp3) is 0.304. The van der Waals surface area contributed by atoms with E-state index in [2.05, 4.69) is 5.32 Å². The van der Waals surface area contributed by atoms with Gasteiger partial charge in [-0.25, -0.2) is 0 Å². The molecule has 0 fully saturated rings. The Hall–Kier alpha value is -2.73. The lowest BCUT2D eigenvalue weighted by Gasteiger charge is -2.19. The number of nitrogens with zero attached hydrogens (tertiary/aromatic N) is 1. The van der Waals surface area contributed by atoms with Gasteiger partial charge < -0.3 is 15.3 Å². The number of allylic oxidation sites excluding steroid dienone is 1. The van der Waals surface area contributed by atoms with Gasteiger partial charge in [-0.05, 0) is 53.9 Å². The predicted molar refractivity (Wildman–Crippen MR) is 114 cm³/mol. The molecule has 0 aliphatic heterocycles. The summed E-state index contributed by atoms with van der Waals surface area (Å²) in [5, 5.41) is 12.2. The van der Waals surface area contributed by atoms with Crippen molar-refractivity contribution in [3.05, 3.63) is 77.2 Å². The van der Waals surface area contributed by atoms with Gasteiger partial charge >= 0.3 is 6.18 Å². The topological polar surface area (TPSA) is 35.5 Å². The second kappa shape index (κ2) is 10.2. The lowest BCUT2D eigenvalue weighted by Crippen LogP contribution is -2.14. The molecule has 0 unspecified atom stereocenters. The second-order valence-electron chi connectivity index (χ2n) is 6.82. The van der Waals surface area contributed by atoms with Crippen LogP contribution >= 0.6 is 0 Å². The van der Waals surface area contributed by atoms with Crippen LogP contribution in [0.3, 0.4) is 0 Å². The molecule has 0 saturated carbocycles. The summed E-state index contributed by atoms with van der Waals surface area (Å²) in [5.74, 6) is 0. The van der Waals surface area contributed by atoms with Crippen LogP contribution in [0.15, 0.2) is 54.9 Å². The average Bonchev–Trinajstić information content (AvgIpc) is 2.68. The van der Waals surface area contributed by atoms with Gasteiger partial charge in [0.2, 0.25) is 0 Å². The second-order valence-corrected chi connectivity index (χ2v) is 6.82. The highest BCUT2D eigenvalue weighted by molar-refractivity contribution is 5.82. The molecule has 0 atom stereocenters. The van der Waals surface area contributed by atoms with Crippen molar-refractivity contribution in [3.8, 4) is 0 Å². The molecule has 2 rings (SSSR count). The van der Waals surface area contributed by atoms with Gasteiger partial charge in [0.25, 0.3) is 0 Å². The maximum Gasteiger partial charge on any atom is 0.416 e. The third-order valence-corrected chi connectivity index (χ3v) is 4.59. The molecule has 0 aliphatic carbocycles. The first-order chi connectivity index (χ1) is 13.8. The SMILES string of the molecule is CCC/C(=C\c1ccc(CNC)c(N(C)/C=C\O)c1)c1ccc(C(F)(F)F)cc1. The molecule has 0 bridgehead atoms. The van der Waals surface area contributed by atoms with Gasteiger partial charge in [-0.2, -0.15) is 13.2 Å². The van der Waals surface area contributed by atoms with Gasteiger partial charge in [0.05, 0.1) is 11.8 Å². The Kier molecular flexibility index (Phi) is 7.91. The third-order valence-electron chi connectivity index (χ3n) is 4.59. The highest BCUT2D eigenvalue weighted by Gasteiger charge is 2.30. The van der Waals surface area contributed by atoms with E-state index in [0.717, 1.165) is 59.2 Å². The number of rotatable bonds is 8. The quantitative estimate of drug-likeness (QED) is 0.404. The van der Waals surface area contributed by atoms with E-state index < -0.39 is 11.7 Å². The van der Waals surface area contributed by atoms with Crippen LogP contribution in [0.25, 0.3) is 11.6 Å². The lowest BCUT2D eigenvalue weighted by molar-refractivity contribution is -0.137. The van der Waals surface area contributed by atoms with Gasteiger partial charge in [0.1, 0.15) is 0 Å². The maximum absolute atomic E-state index is 12.9. The zero-order valence-corrected chi connectivity index (χ0v) is 16.9. The summed E-state index contributed by atoms with van der Waals surface area (Å²) in [6.45, 7) is 2.71. The zero-order valence-electron chi connectivity index (χ0n) is 16.9. The van der Waals surface area contributed by atoms with E-state index in [9.17, 15) is 13.2 Å². The van der Waals surface area contributed by atoms with Crippen molar-refractivity contribution in [2.45, 2.75) is 32.5 Å². The number of hydrogen-bond donors (Lipinski definition) is 2. The van der Waals surface area contributed by atoms with Crippen molar-refractivity contribution in [2.24, 2.45) is 0 Å². The molecule has 2 N–H and O–H groups in total. The Morgan fingerprint density at radius 3 is 2.38 bits per heavy atom. The van der Waals surface area contributed by atoms with E-state index in [1.165, 1.54) is 12.1 Å². The Balaban J connectivity index is 2.45. The van der Waals surface area contributed by atoms with E-state index in [1.54, 1.807) is 6.20 Å². The molecule has 6 heteroatoms. The minimum absolute atomic E-state index is 0.645. The van der Waals surface area contributed by atoms with Crippen LogP contribution in [-0.4, -0.2) is 19.2 Å². The van der Waals surface area contributed by atoms with Crippen LogP contribution in [0.2, 0.25) is 0 Å². The van der Waals surface area contributed by atoms with E-state index in [0.29, 0.717) is 6.54 Å². The summed E-state index contributed by atoms with van der Waals surface area (Å²) >= 11 is 0. The van der Waals surface area contributed by atoms with Crippen LogP contribution < -0.4 is 10.2 Å². The first kappa shape index (κ1) is 22.6. The minimum atomic E-state index is -4.34. The molecule has 3 nitrogen and oxygen atoms in total. The number of nitrogens with one attached hydrogen (secondary N) is 1. The van der Waals surface area contributed by atoms with Gasteiger partial charge in [-0.3, -0.25) is 0 Å². The van der Waals surface area contributed by atoms with Crippen LogP contribution in [0.1, 0.15) is 42.0 Å². The standard InChI is InChI=1S/C23H27F3N2O/c1-4-5-19(18-8-10-21(11-9-18)23(24,25)26)14-17-6-7-20(16-27-2)22(15-17)28(3)12-13-29/h6-15,27,29H,4-5,16H2,1-3H3/b13-12-,19-14+. The average molecular weight is 404 g/mol. The summed E-state index contributed by atoms with van der Waals surface area (Å²) in [5.41, 5.74) is 4.06. The zero-order chi connectivity index (χ0) is 21.4. The molecule has 29 heavy (non-hydrogen) atoms. The van der Waals surface area contributed by atoms with Crippen molar-refractivity contribution < 1.29 is 18.3 Å². The number of anilines is 1. The van der Waals surface area contributed by atoms with Crippen LogP contribution in [0, 0.1) is 0 Å². The van der Waals surface area contributed by atoms with Gasteiger partial charge in [0.15, 0.2) is 0 Å². The highest BCUT2D eigenvalue weighted by Crippen LogP contribution is 2.32. The largest absolute Gasteiger partial charge is 0.514 e. The molecule has 0 aromatic heterocycles. The molecule has 0 radical (unpaired) electrons. The predicted octanol–water partition coefficient (Wildman–Crippen LogP) is 6.23. The fourth-order valence-corrected chi connectivity index (χ4v) is 3.16. The van der Waals surface area contributed by atoms with Gasteiger partial charge in [0, 0.05) is 25.5 Å². The van der Waals surface area contributed by atoms with Crippen molar-refractivity contribution in [1.29, 1.82) is 0 Å². The molecule has 2 aromatic carbocycles. The summed E-state index contributed by atoms with van der Waals surface area (Å²) < 4.78 is 38.6. The molecule has 2 aromatic rings. The van der Waals surface area contributed by atoms with Crippen molar-refractivity contribution >= 4 is 17.3 Å². The molecule has 0 heterocycles. The van der Waals surface area contributed by atoms with Crippen molar-refractivity contribution in [1.82, 2.24) is 5.32 Å². The number of halogens is 3. The first-order valence-corrected chi connectivity index (χ1v) is 9.49. The Labute approximate surface area is 170 Å². The number of benzene rings is 2. The third kappa shape index (κ3) is 6.12. The van der Waals surface area contributed by atoms with E-state index in [-0.39, 0.29) is 0 Å². The number of alkyl halides is 3. The lowest BCUT2D eigenvalue weighted by atomic mass is 9.97. The summed E-state index contributed by atoms with van der Waals surface area (Å²) in [6, 6.07) is 11.3. The van der Waals surface area contributed by atoms with Gasteiger partial charge in [-0.1, -0.05) is 43.7 Å². The Morgan fingerprint density at radius 1 is 1.14 bits per heavy atom.